The largest absolute Gasteiger partial charge is 0.497 e. The van der Waals surface area contributed by atoms with Crippen molar-refractivity contribution in [3.05, 3.63) is 63.1 Å². The van der Waals surface area contributed by atoms with E-state index in [0.717, 1.165) is 16.9 Å². The molecule has 0 saturated heterocycles. The van der Waals surface area contributed by atoms with Crippen LogP contribution in [0.2, 0.25) is 10.0 Å². The number of benzene rings is 2. The third-order valence-electron chi connectivity index (χ3n) is 3.70. The van der Waals surface area contributed by atoms with Crippen molar-refractivity contribution in [2.24, 2.45) is 0 Å². The van der Waals surface area contributed by atoms with Gasteiger partial charge in [0, 0.05) is 5.02 Å². The van der Waals surface area contributed by atoms with E-state index >= 15 is 0 Å². The van der Waals surface area contributed by atoms with Crippen LogP contribution < -0.4 is 14.8 Å². The lowest BCUT2D eigenvalue weighted by Gasteiger charge is -2.07. The highest BCUT2D eigenvalue weighted by Crippen LogP contribution is 2.28. The molecule has 2 aromatic carbocycles. The number of rotatable bonds is 7. The molecule has 0 aliphatic carbocycles. The zero-order chi connectivity index (χ0) is 21.5. The quantitative estimate of drug-likeness (QED) is 0.501. The number of anilines is 1. The van der Waals surface area contributed by atoms with E-state index < -0.39 is 5.91 Å². The van der Waals surface area contributed by atoms with Crippen molar-refractivity contribution in [3.63, 3.8) is 0 Å². The molecule has 1 aromatic heterocycles. The number of methoxy groups -OCH3 is 1. The molecule has 30 heavy (non-hydrogen) atoms. The van der Waals surface area contributed by atoms with Gasteiger partial charge in [0.2, 0.25) is 5.13 Å². The molecule has 0 unspecified atom stereocenters. The van der Waals surface area contributed by atoms with Crippen molar-refractivity contribution in [1.82, 2.24) is 10.2 Å². The predicted octanol–water partition coefficient (Wildman–Crippen LogP) is 4.94. The number of nitrogens with one attached hydrogen (secondary N) is 1. The summed E-state index contributed by atoms with van der Waals surface area (Å²) in [6, 6.07) is 14.0. The van der Waals surface area contributed by atoms with Gasteiger partial charge in [-0.1, -0.05) is 46.7 Å². The minimum absolute atomic E-state index is 0.247. The van der Waals surface area contributed by atoms with Gasteiger partial charge in [0.05, 0.1) is 17.7 Å². The van der Waals surface area contributed by atoms with E-state index in [-0.39, 0.29) is 11.7 Å². The second-order valence-electron chi connectivity index (χ2n) is 5.77. The summed E-state index contributed by atoms with van der Waals surface area (Å²) in [5.74, 6) is 0.610. The van der Waals surface area contributed by atoms with Crippen molar-refractivity contribution < 1.29 is 14.3 Å². The third-order valence-corrected chi connectivity index (χ3v) is 5.10. The lowest BCUT2D eigenvalue weighted by atomic mass is 10.1. The van der Waals surface area contributed by atoms with Crippen LogP contribution >= 0.6 is 34.5 Å². The van der Waals surface area contributed by atoms with Gasteiger partial charge in [-0.3, -0.25) is 10.1 Å². The van der Waals surface area contributed by atoms with Crippen LogP contribution in [0.25, 0.3) is 11.6 Å². The van der Waals surface area contributed by atoms with Crippen LogP contribution in [0.1, 0.15) is 10.6 Å². The highest BCUT2D eigenvalue weighted by atomic mass is 35.5. The number of nitrogens with zero attached hydrogens (tertiary/aromatic N) is 3. The number of ether oxygens (including phenoxy) is 2. The van der Waals surface area contributed by atoms with Gasteiger partial charge in [-0.25, -0.2) is 0 Å². The average molecular weight is 461 g/mol. The highest BCUT2D eigenvalue weighted by molar-refractivity contribution is 7.16. The molecule has 0 fully saturated rings. The van der Waals surface area contributed by atoms with Crippen LogP contribution in [0.5, 0.6) is 11.5 Å². The Morgan fingerprint density at radius 1 is 1.23 bits per heavy atom. The Morgan fingerprint density at radius 3 is 2.67 bits per heavy atom. The van der Waals surface area contributed by atoms with Crippen molar-refractivity contribution in [3.8, 4) is 17.6 Å². The molecular weight excluding hydrogens is 447 g/mol. The number of hydrogen-bond acceptors (Lipinski definition) is 7. The number of halogens is 2. The highest BCUT2D eigenvalue weighted by Gasteiger charge is 2.13. The number of hydrogen-bond donors (Lipinski definition) is 1. The topological polar surface area (TPSA) is 97.1 Å². The molecule has 0 radical (unpaired) electrons. The molecule has 3 aromatic rings. The molecule has 0 bridgehead atoms. The maximum absolute atomic E-state index is 12.1. The van der Waals surface area contributed by atoms with Gasteiger partial charge in [-0.2, -0.15) is 5.26 Å². The molecule has 0 atom stereocenters. The van der Waals surface area contributed by atoms with Gasteiger partial charge in [0.25, 0.3) is 5.91 Å². The first-order valence-corrected chi connectivity index (χ1v) is 10.0. The molecule has 1 N–H and O–H groups in total. The number of amides is 1. The predicted molar refractivity (Wildman–Crippen MR) is 117 cm³/mol. The first kappa shape index (κ1) is 21.6. The summed E-state index contributed by atoms with van der Waals surface area (Å²) < 4.78 is 10.5. The van der Waals surface area contributed by atoms with Gasteiger partial charge in [0.15, 0.2) is 11.6 Å². The summed E-state index contributed by atoms with van der Waals surface area (Å²) in [6.07, 6.45) is 1.68. The summed E-state index contributed by atoms with van der Waals surface area (Å²) in [4.78, 5) is 12.1. The smallest absolute Gasteiger partial charge is 0.264 e. The summed E-state index contributed by atoms with van der Waals surface area (Å²) in [6.45, 7) is -0.275. The van der Waals surface area contributed by atoms with Crippen molar-refractivity contribution in [1.29, 1.82) is 5.26 Å². The molecule has 0 aliphatic heterocycles. The monoisotopic (exact) mass is 460 g/mol. The number of carbonyl (C=O) groups is 1. The molecule has 1 heterocycles. The van der Waals surface area contributed by atoms with Crippen LogP contribution in [0.3, 0.4) is 0 Å². The fourth-order valence-corrected chi connectivity index (χ4v) is 3.47. The van der Waals surface area contributed by atoms with Crippen LogP contribution in [0.4, 0.5) is 5.13 Å². The zero-order valence-corrected chi connectivity index (χ0v) is 17.9. The fourth-order valence-electron chi connectivity index (χ4n) is 2.28. The number of aromatic nitrogens is 2. The molecule has 7 nitrogen and oxygen atoms in total. The maximum atomic E-state index is 12.1. The molecule has 3 rings (SSSR count). The SMILES string of the molecule is COc1ccc(C=C(C#N)c2nnc(NC(=O)COc3ccc(Cl)cc3Cl)s2)cc1. The molecule has 10 heteroatoms. The Labute approximate surface area is 186 Å². The Morgan fingerprint density at radius 2 is 2.00 bits per heavy atom. The molecular formula is C20H14Cl2N4O3S. The van der Waals surface area contributed by atoms with Gasteiger partial charge >= 0.3 is 0 Å². The lowest BCUT2D eigenvalue weighted by molar-refractivity contribution is -0.118. The summed E-state index contributed by atoms with van der Waals surface area (Å²) >= 11 is 12.9. The Balaban J connectivity index is 1.63. The van der Waals surface area contributed by atoms with E-state index in [1.54, 1.807) is 37.5 Å². The van der Waals surface area contributed by atoms with Gasteiger partial charge < -0.3 is 9.47 Å². The van der Waals surface area contributed by atoms with E-state index in [1.165, 1.54) is 6.07 Å². The first-order valence-electron chi connectivity index (χ1n) is 8.46. The standard InChI is InChI=1S/C20H14Cl2N4O3S/c1-28-15-5-2-12(3-6-15)8-13(10-23)19-25-26-20(30-19)24-18(27)11-29-17-7-4-14(21)9-16(17)22/h2-9H,11H2,1H3,(H,24,26,27). The molecule has 152 valence electrons. The molecule has 0 aliphatic rings. The van der Waals surface area contributed by atoms with Crippen molar-refractivity contribution in [2.45, 2.75) is 0 Å². The third kappa shape index (κ3) is 5.70. The van der Waals surface area contributed by atoms with E-state index in [4.69, 9.17) is 32.7 Å². The number of allylic oxidation sites excluding steroid dienone is 1. The summed E-state index contributed by atoms with van der Waals surface area (Å²) in [5, 5.41) is 21.3. The Hall–Kier alpha value is -3.12. The number of nitriles is 1. The molecule has 1 amide bonds. The van der Waals surface area contributed by atoms with Gasteiger partial charge in [-0.05, 0) is 42.0 Å². The normalized spacial score (nSPS) is 10.9. The van der Waals surface area contributed by atoms with Crippen LogP contribution in [0, 0.1) is 11.3 Å². The summed E-state index contributed by atoms with van der Waals surface area (Å²) in [7, 11) is 1.58. The van der Waals surface area contributed by atoms with E-state index in [2.05, 4.69) is 21.6 Å². The van der Waals surface area contributed by atoms with E-state index in [0.29, 0.717) is 32.1 Å². The van der Waals surface area contributed by atoms with E-state index in [9.17, 15) is 10.1 Å². The van der Waals surface area contributed by atoms with Crippen molar-refractivity contribution >= 4 is 57.2 Å². The summed E-state index contributed by atoms with van der Waals surface area (Å²) in [5.41, 5.74) is 1.13. The average Bonchev–Trinajstić information content (AvgIpc) is 3.20. The second-order valence-corrected chi connectivity index (χ2v) is 7.59. The minimum atomic E-state index is -0.443. The molecule has 0 saturated carbocycles. The number of carbonyl (C=O) groups excluding carboxylic acids is 1. The van der Waals surface area contributed by atoms with E-state index in [1.807, 2.05) is 12.1 Å². The Bertz CT molecular complexity index is 1120. The lowest BCUT2D eigenvalue weighted by Crippen LogP contribution is -2.20. The minimum Gasteiger partial charge on any atom is -0.497 e. The first-order chi connectivity index (χ1) is 14.5. The van der Waals surface area contributed by atoms with Crippen molar-refractivity contribution in [2.75, 3.05) is 19.0 Å². The van der Waals surface area contributed by atoms with Crippen LogP contribution in [-0.4, -0.2) is 29.8 Å². The van der Waals surface area contributed by atoms with Gasteiger partial charge in [-0.15, -0.1) is 10.2 Å². The van der Waals surface area contributed by atoms with Crippen LogP contribution in [-0.2, 0) is 4.79 Å². The fraction of sp³-hybridized carbons (Fsp3) is 0.100. The maximum Gasteiger partial charge on any atom is 0.264 e. The Kier molecular flexibility index (Phi) is 7.25. The van der Waals surface area contributed by atoms with Crippen LogP contribution in [0.15, 0.2) is 42.5 Å². The second kappa shape index (κ2) is 10.1. The van der Waals surface area contributed by atoms with Gasteiger partial charge in [0.1, 0.15) is 17.6 Å². The molecule has 0 spiro atoms. The zero-order valence-electron chi connectivity index (χ0n) is 15.6.